The fourth-order valence-corrected chi connectivity index (χ4v) is 2.05. The first-order chi connectivity index (χ1) is 11.0. The number of ether oxygens (including phenoxy) is 2. The average molecular weight is 382 g/mol. The van der Waals surface area contributed by atoms with Crippen molar-refractivity contribution in [3.63, 3.8) is 0 Å². The molecule has 1 amide bonds. The van der Waals surface area contributed by atoms with Crippen LogP contribution in [0.1, 0.15) is 6.92 Å². The monoisotopic (exact) mass is 381 g/mol. The summed E-state index contributed by atoms with van der Waals surface area (Å²) in [4.78, 5) is 11.9. The van der Waals surface area contributed by atoms with Crippen LogP contribution in [0.5, 0.6) is 11.5 Å². The number of rotatable bonds is 7. The molecule has 0 heterocycles. The minimum absolute atomic E-state index is 0.226. The lowest BCUT2D eigenvalue weighted by Crippen LogP contribution is -2.38. The molecular weight excluding hydrogens is 365 g/mol. The number of carbonyl (C=O) groups excluding carboxylic acids is 1. The summed E-state index contributed by atoms with van der Waals surface area (Å²) in [5.41, 5.74) is 0. The Morgan fingerprint density at radius 2 is 1.74 bits per heavy atom. The molecule has 0 saturated heterocycles. The first-order valence-corrected chi connectivity index (χ1v) is 7.92. The van der Waals surface area contributed by atoms with Crippen molar-refractivity contribution in [3.8, 4) is 11.5 Å². The summed E-state index contributed by atoms with van der Waals surface area (Å²) in [6, 6.07) is 13.0. The van der Waals surface area contributed by atoms with Crippen molar-refractivity contribution in [3.05, 3.63) is 58.8 Å². The van der Waals surface area contributed by atoms with Crippen molar-refractivity contribution < 1.29 is 18.7 Å². The lowest BCUT2D eigenvalue weighted by atomic mass is 10.3. The van der Waals surface area contributed by atoms with Crippen LogP contribution in [0.4, 0.5) is 4.39 Å². The fourth-order valence-electron chi connectivity index (χ4n) is 1.79. The highest BCUT2D eigenvalue weighted by Crippen LogP contribution is 2.17. The quantitative estimate of drug-likeness (QED) is 0.746. The Morgan fingerprint density at radius 1 is 1.13 bits per heavy atom. The second kappa shape index (κ2) is 8.53. The molecular formula is C17H17BrFNO3. The molecule has 2 aromatic rings. The molecule has 1 atom stereocenters. The maximum atomic E-state index is 12.7. The van der Waals surface area contributed by atoms with Gasteiger partial charge in [0, 0.05) is 4.47 Å². The number of carbonyl (C=O) groups is 1. The molecule has 0 aliphatic carbocycles. The van der Waals surface area contributed by atoms with E-state index in [4.69, 9.17) is 9.47 Å². The summed E-state index contributed by atoms with van der Waals surface area (Å²) < 4.78 is 24.6. The summed E-state index contributed by atoms with van der Waals surface area (Å²) in [5, 5.41) is 2.72. The molecule has 4 nitrogen and oxygen atoms in total. The topological polar surface area (TPSA) is 47.6 Å². The number of benzene rings is 2. The molecule has 0 saturated carbocycles. The minimum atomic E-state index is -0.609. The number of nitrogens with one attached hydrogen (secondary N) is 1. The molecule has 2 rings (SSSR count). The van der Waals surface area contributed by atoms with E-state index in [1.807, 2.05) is 12.1 Å². The van der Waals surface area contributed by atoms with Crippen LogP contribution in [0.2, 0.25) is 0 Å². The molecule has 0 radical (unpaired) electrons. The van der Waals surface area contributed by atoms with Gasteiger partial charge in [-0.05, 0) is 55.5 Å². The normalized spacial score (nSPS) is 11.6. The molecule has 0 fully saturated rings. The average Bonchev–Trinajstić information content (AvgIpc) is 2.55. The van der Waals surface area contributed by atoms with E-state index in [1.165, 1.54) is 24.3 Å². The van der Waals surface area contributed by atoms with Crippen molar-refractivity contribution >= 4 is 21.8 Å². The van der Waals surface area contributed by atoms with Crippen molar-refractivity contribution in [2.24, 2.45) is 0 Å². The molecule has 0 aliphatic rings. The van der Waals surface area contributed by atoms with Gasteiger partial charge in [0.25, 0.3) is 5.91 Å². The zero-order valence-corrected chi connectivity index (χ0v) is 14.2. The van der Waals surface area contributed by atoms with E-state index in [0.717, 1.165) is 4.47 Å². The number of hydrogen-bond acceptors (Lipinski definition) is 3. The van der Waals surface area contributed by atoms with Gasteiger partial charge in [0.2, 0.25) is 0 Å². The zero-order chi connectivity index (χ0) is 16.7. The van der Waals surface area contributed by atoms with E-state index in [1.54, 1.807) is 19.1 Å². The molecule has 0 bridgehead atoms. The lowest BCUT2D eigenvalue weighted by molar-refractivity contribution is -0.127. The Bertz CT molecular complexity index is 631. The van der Waals surface area contributed by atoms with Gasteiger partial charge in [-0.25, -0.2) is 4.39 Å². The van der Waals surface area contributed by atoms with Crippen LogP contribution >= 0.6 is 15.9 Å². The van der Waals surface area contributed by atoms with Crippen molar-refractivity contribution in [2.45, 2.75) is 13.0 Å². The van der Waals surface area contributed by atoms with Crippen LogP contribution in [0.25, 0.3) is 0 Å². The van der Waals surface area contributed by atoms with Gasteiger partial charge in [0.1, 0.15) is 23.9 Å². The van der Waals surface area contributed by atoms with Gasteiger partial charge < -0.3 is 14.8 Å². The van der Waals surface area contributed by atoms with Gasteiger partial charge in [-0.2, -0.15) is 0 Å². The highest BCUT2D eigenvalue weighted by Gasteiger charge is 2.13. The van der Waals surface area contributed by atoms with E-state index in [0.29, 0.717) is 24.7 Å². The highest BCUT2D eigenvalue weighted by atomic mass is 79.9. The van der Waals surface area contributed by atoms with E-state index in [9.17, 15) is 9.18 Å². The Balaban J connectivity index is 1.69. The second-order valence-electron chi connectivity index (χ2n) is 4.81. The van der Waals surface area contributed by atoms with Gasteiger partial charge in [0.15, 0.2) is 6.10 Å². The van der Waals surface area contributed by atoms with E-state index >= 15 is 0 Å². The third-order valence-corrected chi connectivity index (χ3v) is 3.51. The van der Waals surface area contributed by atoms with Gasteiger partial charge in [-0.15, -0.1) is 0 Å². The first kappa shape index (κ1) is 17.3. The Hall–Kier alpha value is -2.08. The molecule has 0 aliphatic heterocycles. The maximum Gasteiger partial charge on any atom is 0.260 e. The van der Waals surface area contributed by atoms with Crippen LogP contribution in [-0.4, -0.2) is 25.2 Å². The Morgan fingerprint density at radius 3 is 2.39 bits per heavy atom. The summed E-state index contributed by atoms with van der Waals surface area (Å²) in [6.45, 7) is 2.31. The number of amides is 1. The Labute approximate surface area is 142 Å². The molecule has 1 unspecified atom stereocenters. The molecule has 0 spiro atoms. The van der Waals surface area contributed by atoms with Crippen LogP contribution in [0.3, 0.4) is 0 Å². The predicted molar refractivity (Wildman–Crippen MR) is 89.1 cm³/mol. The molecule has 23 heavy (non-hydrogen) atoms. The summed E-state index contributed by atoms with van der Waals surface area (Å²) in [6.07, 6.45) is -0.609. The van der Waals surface area contributed by atoms with E-state index < -0.39 is 6.10 Å². The highest BCUT2D eigenvalue weighted by molar-refractivity contribution is 9.10. The van der Waals surface area contributed by atoms with E-state index in [2.05, 4.69) is 21.2 Å². The van der Waals surface area contributed by atoms with Gasteiger partial charge in [-0.1, -0.05) is 15.9 Å². The molecule has 0 aromatic heterocycles. The summed E-state index contributed by atoms with van der Waals surface area (Å²) in [5.74, 6) is 0.637. The van der Waals surface area contributed by atoms with E-state index in [-0.39, 0.29) is 11.7 Å². The van der Waals surface area contributed by atoms with Gasteiger partial charge >= 0.3 is 0 Å². The maximum absolute atomic E-state index is 12.7. The smallest absolute Gasteiger partial charge is 0.260 e. The molecule has 1 N–H and O–H groups in total. The standard InChI is InChI=1S/C17H17BrFNO3/c1-12(23-16-6-2-13(18)3-7-16)17(21)20-10-11-22-15-8-4-14(19)5-9-15/h2-9,12H,10-11H2,1H3,(H,20,21). The number of halogens is 2. The predicted octanol–water partition coefficient (Wildman–Crippen LogP) is 3.55. The van der Waals surface area contributed by atoms with Crippen LogP contribution < -0.4 is 14.8 Å². The third-order valence-electron chi connectivity index (χ3n) is 2.98. The molecule has 122 valence electrons. The third kappa shape index (κ3) is 5.90. The fraction of sp³-hybridized carbons (Fsp3) is 0.235. The van der Waals surface area contributed by atoms with Crippen molar-refractivity contribution in [1.29, 1.82) is 0 Å². The SMILES string of the molecule is CC(Oc1ccc(Br)cc1)C(=O)NCCOc1ccc(F)cc1. The first-order valence-electron chi connectivity index (χ1n) is 7.13. The van der Waals surface area contributed by atoms with Crippen LogP contribution in [0, 0.1) is 5.82 Å². The largest absolute Gasteiger partial charge is 0.492 e. The Kier molecular flexibility index (Phi) is 6.40. The second-order valence-corrected chi connectivity index (χ2v) is 5.72. The zero-order valence-electron chi connectivity index (χ0n) is 12.6. The van der Waals surface area contributed by atoms with Crippen LogP contribution in [-0.2, 0) is 4.79 Å². The summed E-state index contributed by atoms with van der Waals surface area (Å²) in [7, 11) is 0. The summed E-state index contributed by atoms with van der Waals surface area (Å²) >= 11 is 3.34. The number of hydrogen-bond donors (Lipinski definition) is 1. The molecule has 2 aromatic carbocycles. The van der Waals surface area contributed by atoms with Crippen molar-refractivity contribution in [1.82, 2.24) is 5.32 Å². The van der Waals surface area contributed by atoms with Gasteiger partial charge in [-0.3, -0.25) is 4.79 Å². The van der Waals surface area contributed by atoms with Gasteiger partial charge in [0.05, 0.1) is 6.54 Å². The van der Waals surface area contributed by atoms with Crippen LogP contribution in [0.15, 0.2) is 53.0 Å². The molecule has 6 heteroatoms. The van der Waals surface area contributed by atoms with Crippen molar-refractivity contribution in [2.75, 3.05) is 13.2 Å². The minimum Gasteiger partial charge on any atom is -0.492 e. The lowest BCUT2D eigenvalue weighted by Gasteiger charge is -2.15.